The standard InChI is InChI=1S/C21H29N5O.HI/c1-22-21(25-15-19-9-10-23-20(13-19)27-2)24-14-17-5-7-18(8-6-17)16-26-11-3-4-12-26;/h5-10,13H,3-4,11-12,14-16H2,1-2H3,(H2,22,24,25);1H. The number of methoxy groups -OCH3 is 1. The summed E-state index contributed by atoms with van der Waals surface area (Å²) in [5.41, 5.74) is 3.72. The molecule has 0 atom stereocenters. The molecule has 152 valence electrons. The van der Waals surface area contributed by atoms with Crippen molar-refractivity contribution >= 4 is 29.9 Å². The molecule has 3 rings (SSSR count). The summed E-state index contributed by atoms with van der Waals surface area (Å²) in [7, 11) is 3.40. The molecule has 1 saturated heterocycles. The minimum absolute atomic E-state index is 0. The lowest BCUT2D eigenvalue weighted by Crippen LogP contribution is -2.36. The van der Waals surface area contributed by atoms with Crippen molar-refractivity contribution in [3.8, 4) is 5.88 Å². The van der Waals surface area contributed by atoms with Gasteiger partial charge in [0, 0.05) is 38.9 Å². The average molecular weight is 495 g/mol. The minimum Gasteiger partial charge on any atom is -0.481 e. The van der Waals surface area contributed by atoms with Gasteiger partial charge in [-0.1, -0.05) is 24.3 Å². The third-order valence-corrected chi connectivity index (χ3v) is 4.78. The fourth-order valence-electron chi connectivity index (χ4n) is 3.23. The van der Waals surface area contributed by atoms with Crippen molar-refractivity contribution < 1.29 is 4.74 Å². The molecule has 6 nitrogen and oxygen atoms in total. The summed E-state index contributed by atoms with van der Waals surface area (Å²) in [5, 5.41) is 6.67. The second kappa shape index (κ2) is 11.9. The number of benzene rings is 1. The summed E-state index contributed by atoms with van der Waals surface area (Å²) >= 11 is 0. The molecule has 1 aliphatic heterocycles. The van der Waals surface area contributed by atoms with E-state index in [0.29, 0.717) is 12.4 Å². The molecule has 0 amide bonds. The van der Waals surface area contributed by atoms with Gasteiger partial charge in [0.1, 0.15) is 0 Å². The maximum atomic E-state index is 5.16. The van der Waals surface area contributed by atoms with E-state index in [1.54, 1.807) is 20.4 Å². The molecule has 0 saturated carbocycles. The number of hydrogen-bond acceptors (Lipinski definition) is 4. The highest BCUT2D eigenvalue weighted by molar-refractivity contribution is 14.0. The van der Waals surface area contributed by atoms with E-state index in [0.717, 1.165) is 24.6 Å². The molecule has 2 N–H and O–H groups in total. The SMILES string of the molecule is CN=C(NCc1ccc(CN2CCCC2)cc1)NCc1ccnc(OC)c1.I. The Kier molecular flexibility index (Phi) is 9.49. The fourth-order valence-corrected chi connectivity index (χ4v) is 3.23. The summed E-state index contributed by atoms with van der Waals surface area (Å²) in [6.07, 6.45) is 4.41. The van der Waals surface area contributed by atoms with Gasteiger partial charge in [-0.3, -0.25) is 9.89 Å². The minimum atomic E-state index is 0. The largest absolute Gasteiger partial charge is 0.481 e. The van der Waals surface area contributed by atoms with Crippen LogP contribution >= 0.6 is 24.0 Å². The number of guanidine groups is 1. The molecule has 0 aliphatic carbocycles. The molecule has 0 spiro atoms. The number of ether oxygens (including phenoxy) is 1. The van der Waals surface area contributed by atoms with E-state index in [-0.39, 0.29) is 24.0 Å². The zero-order chi connectivity index (χ0) is 18.9. The summed E-state index contributed by atoms with van der Waals surface area (Å²) in [6, 6.07) is 12.7. The normalized spacial score (nSPS) is 14.4. The molecule has 1 aliphatic rings. The van der Waals surface area contributed by atoms with Crippen LogP contribution in [0.4, 0.5) is 0 Å². The second-order valence-electron chi connectivity index (χ2n) is 6.79. The van der Waals surface area contributed by atoms with Crippen LogP contribution in [-0.2, 0) is 19.6 Å². The zero-order valence-electron chi connectivity index (χ0n) is 16.6. The molecule has 1 aromatic carbocycles. The lowest BCUT2D eigenvalue weighted by Gasteiger charge is -2.15. The molecule has 0 bridgehead atoms. The van der Waals surface area contributed by atoms with Crippen molar-refractivity contribution in [3.63, 3.8) is 0 Å². The van der Waals surface area contributed by atoms with Gasteiger partial charge in [-0.25, -0.2) is 4.98 Å². The van der Waals surface area contributed by atoms with Crippen molar-refractivity contribution in [2.24, 2.45) is 4.99 Å². The van der Waals surface area contributed by atoms with Gasteiger partial charge in [0.2, 0.25) is 5.88 Å². The quantitative estimate of drug-likeness (QED) is 0.351. The van der Waals surface area contributed by atoms with E-state index in [1.807, 2.05) is 12.1 Å². The van der Waals surface area contributed by atoms with Crippen LogP contribution in [0.25, 0.3) is 0 Å². The van der Waals surface area contributed by atoms with E-state index in [9.17, 15) is 0 Å². The molecule has 2 heterocycles. The van der Waals surface area contributed by atoms with E-state index in [2.05, 4.69) is 49.8 Å². The van der Waals surface area contributed by atoms with Crippen LogP contribution in [0, 0.1) is 0 Å². The lowest BCUT2D eigenvalue weighted by molar-refractivity contribution is 0.331. The molecule has 2 aromatic rings. The van der Waals surface area contributed by atoms with E-state index in [4.69, 9.17) is 4.74 Å². The average Bonchev–Trinajstić information content (AvgIpc) is 3.22. The Bertz CT molecular complexity index is 745. The third-order valence-electron chi connectivity index (χ3n) is 4.78. The molecule has 1 aromatic heterocycles. The van der Waals surface area contributed by atoms with Crippen LogP contribution < -0.4 is 15.4 Å². The summed E-state index contributed by atoms with van der Waals surface area (Å²) in [4.78, 5) is 10.9. The topological polar surface area (TPSA) is 61.8 Å². The van der Waals surface area contributed by atoms with E-state index < -0.39 is 0 Å². The molecule has 0 unspecified atom stereocenters. The van der Waals surface area contributed by atoms with Crippen molar-refractivity contribution in [3.05, 3.63) is 59.3 Å². The van der Waals surface area contributed by atoms with Crippen molar-refractivity contribution in [2.75, 3.05) is 27.2 Å². The smallest absolute Gasteiger partial charge is 0.213 e. The molecular formula is C21H30IN5O. The number of halogens is 1. The Morgan fingerprint density at radius 1 is 1.04 bits per heavy atom. The monoisotopic (exact) mass is 495 g/mol. The Hall–Kier alpha value is -1.87. The molecule has 28 heavy (non-hydrogen) atoms. The number of pyridine rings is 1. The highest BCUT2D eigenvalue weighted by atomic mass is 127. The van der Waals surface area contributed by atoms with E-state index in [1.165, 1.54) is 37.1 Å². The van der Waals surface area contributed by atoms with Crippen LogP contribution in [0.5, 0.6) is 5.88 Å². The first kappa shape index (κ1) is 22.4. The van der Waals surface area contributed by atoms with Crippen LogP contribution in [0.1, 0.15) is 29.5 Å². The Morgan fingerprint density at radius 2 is 1.68 bits per heavy atom. The van der Waals surface area contributed by atoms with Gasteiger partial charge in [-0.2, -0.15) is 0 Å². The van der Waals surface area contributed by atoms with Gasteiger partial charge in [0.15, 0.2) is 5.96 Å². The summed E-state index contributed by atoms with van der Waals surface area (Å²) < 4.78 is 5.16. The number of hydrogen-bond donors (Lipinski definition) is 2. The predicted molar refractivity (Wildman–Crippen MR) is 124 cm³/mol. The van der Waals surface area contributed by atoms with Crippen molar-refractivity contribution in [2.45, 2.75) is 32.5 Å². The second-order valence-corrected chi connectivity index (χ2v) is 6.79. The van der Waals surface area contributed by atoms with Gasteiger partial charge >= 0.3 is 0 Å². The van der Waals surface area contributed by atoms with Gasteiger partial charge in [0.05, 0.1) is 7.11 Å². The first-order valence-electron chi connectivity index (χ1n) is 9.50. The maximum absolute atomic E-state index is 5.16. The molecule has 7 heteroatoms. The van der Waals surface area contributed by atoms with Crippen molar-refractivity contribution in [1.29, 1.82) is 0 Å². The summed E-state index contributed by atoms with van der Waals surface area (Å²) in [5.74, 6) is 1.39. The van der Waals surface area contributed by atoms with Gasteiger partial charge in [0.25, 0.3) is 0 Å². The molecule has 0 radical (unpaired) electrons. The van der Waals surface area contributed by atoms with Crippen LogP contribution in [-0.4, -0.2) is 43.1 Å². The highest BCUT2D eigenvalue weighted by Crippen LogP contribution is 2.13. The number of likely N-dealkylation sites (tertiary alicyclic amines) is 1. The van der Waals surface area contributed by atoms with Crippen LogP contribution in [0.15, 0.2) is 47.6 Å². The molecular weight excluding hydrogens is 465 g/mol. The fraction of sp³-hybridized carbons (Fsp3) is 0.429. The number of aliphatic imine (C=N–C) groups is 1. The highest BCUT2D eigenvalue weighted by Gasteiger charge is 2.11. The Morgan fingerprint density at radius 3 is 2.32 bits per heavy atom. The first-order chi connectivity index (χ1) is 13.3. The third kappa shape index (κ3) is 6.94. The van der Waals surface area contributed by atoms with Crippen LogP contribution in [0.2, 0.25) is 0 Å². The Balaban J connectivity index is 0.00000280. The number of rotatable bonds is 7. The maximum Gasteiger partial charge on any atom is 0.213 e. The number of nitrogens with zero attached hydrogens (tertiary/aromatic N) is 3. The Labute approximate surface area is 184 Å². The van der Waals surface area contributed by atoms with Crippen LogP contribution in [0.3, 0.4) is 0 Å². The summed E-state index contributed by atoms with van der Waals surface area (Å²) in [6.45, 7) is 4.92. The number of nitrogens with one attached hydrogen (secondary N) is 2. The van der Waals surface area contributed by atoms with Gasteiger partial charge < -0.3 is 15.4 Å². The lowest BCUT2D eigenvalue weighted by atomic mass is 10.1. The number of aromatic nitrogens is 1. The zero-order valence-corrected chi connectivity index (χ0v) is 19.0. The molecule has 1 fully saturated rings. The van der Waals surface area contributed by atoms with Crippen molar-refractivity contribution in [1.82, 2.24) is 20.5 Å². The van der Waals surface area contributed by atoms with E-state index >= 15 is 0 Å². The first-order valence-corrected chi connectivity index (χ1v) is 9.50. The predicted octanol–water partition coefficient (Wildman–Crippen LogP) is 3.17. The van der Waals surface area contributed by atoms with Gasteiger partial charge in [-0.05, 0) is 48.7 Å². The van der Waals surface area contributed by atoms with Gasteiger partial charge in [-0.15, -0.1) is 24.0 Å².